The lowest BCUT2D eigenvalue weighted by atomic mass is 9.78. The first-order valence-electron chi connectivity index (χ1n) is 7.30. The van der Waals surface area contributed by atoms with Crippen molar-refractivity contribution in [3.63, 3.8) is 0 Å². The van der Waals surface area contributed by atoms with Crippen molar-refractivity contribution in [2.75, 3.05) is 6.61 Å². The summed E-state index contributed by atoms with van der Waals surface area (Å²) in [4.78, 5) is 0. The van der Waals surface area contributed by atoms with Crippen molar-refractivity contribution >= 4 is 10.5 Å². The van der Waals surface area contributed by atoms with Crippen molar-refractivity contribution in [2.45, 2.75) is 45.4 Å². The fourth-order valence-electron chi connectivity index (χ4n) is 2.42. The van der Waals surface area contributed by atoms with E-state index in [1.165, 1.54) is 12.1 Å². The molecule has 1 aromatic carbocycles. The van der Waals surface area contributed by atoms with E-state index in [0.717, 1.165) is 18.9 Å². The van der Waals surface area contributed by atoms with Crippen LogP contribution in [0.4, 0.5) is 22.0 Å². The predicted molar refractivity (Wildman–Crippen MR) is 80.7 cm³/mol. The van der Waals surface area contributed by atoms with Gasteiger partial charge in [-0.15, -0.1) is 0 Å². The maximum atomic E-state index is 13.0. The molecule has 0 saturated carbocycles. The molecular formula is C15H21F5O2Si. The first-order chi connectivity index (χ1) is 10.6. The molecule has 0 aliphatic rings. The normalized spacial score (nSPS) is 13.3. The second kappa shape index (κ2) is 7.61. The Labute approximate surface area is 135 Å². The van der Waals surface area contributed by atoms with Gasteiger partial charge in [0.25, 0.3) is 0 Å². The maximum absolute atomic E-state index is 13.0. The third-order valence-corrected chi connectivity index (χ3v) is 4.29. The minimum Gasteiger partial charge on any atom is -0.427 e. The molecule has 0 N–H and O–H groups in total. The Balaban J connectivity index is 2.97. The average Bonchev–Trinajstić information content (AvgIpc) is 2.45. The highest BCUT2D eigenvalue weighted by atomic mass is 28.2. The SMILES string of the molecule is CCC(CC)(CO[SiH3])Cc1cccc(OC(F)(F)C(F)(F)F)c1. The zero-order valence-corrected chi connectivity index (χ0v) is 15.3. The van der Waals surface area contributed by atoms with E-state index in [9.17, 15) is 22.0 Å². The predicted octanol–water partition coefficient (Wildman–Crippen LogP) is 3.87. The molecule has 0 bridgehead atoms. The molecule has 0 heterocycles. The topological polar surface area (TPSA) is 18.5 Å². The summed E-state index contributed by atoms with van der Waals surface area (Å²) in [6.07, 6.45) is -8.81. The minimum absolute atomic E-state index is 0.160. The number of alkyl halides is 5. The number of halogens is 5. The second-order valence-electron chi connectivity index (χ2n) is 5.58. The van der Waals surface area contributed by atoms with Gasteiger partial charge in [0, 0.05) is 6.61 Å². The van der Waals surface area contributed by atoms with E-state index in [-0.39, 0.29) is 5.41 Å². The molecule has 0 amide bonds. The zero-order chi connectivity index (χ0) is 17.7. The van der Waals surface area contributed by atoms with Gasteiger partial charge in [0.05, 0.1) is 0 Å². The highest BCUT2D eigenvalue weighted by molar-refractivity contribution is 5.97. The summed E-state index contributed by atoms with van der Waals surface area (Å²) >= 11 is 0. The molecule has 0 spiro atoms. The Morgan fingerprint density at radius 2 is 1.65 bits per heavy atom. The average molecular weight is 356 g/mol. The van der Waals surface area contributed by atoms with Crippen LogP contribution in [0.1, 0.15) is 32.3 Å². The van der Waals surface area contributed by atoms with Gasteiger partial charge in [-0.1, -0.05) is 26.0 Å². The van der Waals surface area contributed by atoms with Crippen LogP contribution in [0.2, 0.25) is 0 Å². The molecule has 23 heavy (non-hydrogen) atoms. The lowest BCUT2D eigenvalue weighted by molar-refractivity contribution is -0.360. The van der Waals surface area contributed by atoms with E-state index in [1.54, 1.807) is 6.07 Å². The standard InChI is InChI=1S/C15H21F5O2Si/c1-3-13(4-2,10-21-23)9-11-6-5-7-12(8-11)22-15(19,20)14(16,17)18/h5-8H,3-4,9-10H2,1-2,23H3. The van der Waals surface area contributed by atoms with Crippen molar-refractivity contribution < 1.29 is 31.1 Å². The fourth-order valence-corrected chi connectivity index (χ4v) is 3.03. The van der Waals surface area contributed by atoms with E-state index in [4.69, 9.17) is 4.43 Å². The molecule has 2 nitrogen and oxygen atoms in total. The quantitative estimate of drug-likeness (QED) is 0.520. The van der Waals surface area contributed by atoms with Gasteiger partial charge in [-0.05, 0) is 42.4 Å². The molecule has 0 radical (unpaired) electrons. The van der Waals surface area contributed by atoms with E-state index in [2.05, 4.69) is 4.74 Å². The van der Waals surface area contributed by atoms with Gasteiger partial charge in [-0.2, -0.15) is 22.0 Å². The van der Waals surface area contributed by atoms with Crippen LogP contribution in [0.15, 0.2) is 24.3 Å². The van der Waals surface area contributed by atoms with Crippen LogP contribution in [-0.2, 0) is 10.8 Å². The summed E-state index contributed by atoms with van der Waals surface area (Å²) < 4.78 is 71.8. The lowest BCUT2D eigenvalue weighted by Gasteiger charge is -2.31. The number of hydrogen-bond acceptors (Lipinski definition) is 2. The first kappa shape index (κ1) is 19.9. The van der Waals surface area contributed by atoms with E-state index in [1.807, 2.05) is 13.8 Å². The van der Waals surface area contributed by atoms with Crippen LogP contribution in [0.25, 0.3) is 0 Å². The van der Waals surface area contributed by atoms with Crippen molar-refractivity contribution in [1.29, 1.82) is 0 Å². The van der Waals surface area contributed by atoms with Crippen LogP contribution in [0.5, 0.6) is 5.75 Å². The monoisotopic (exact) mass is 356 g/mol. The van der Waals surface area contributed by atoms with E-state index in [0.29, 0.717) is 29.1 Å². The number of rotatable bonds is 8. The smallest absolute Gasteiger partial charge is 0.427 e. The molecule has 0 aliphatic heterocycles. The molecule has 1 aromatic rings. The van der Waals surface area contributed by atoms with E-state index >= 15 is 0 Å². The van der Waals surface area contributed by atoms with Gasteiger partial charge in [0.2, 0.25) is 0 Å². The van der Waals surface area contributed by atoms with Crippen molar-refractivity contribution in [2.24, 2.45) is 5.41 Å². The largest absolute Gasteiger partial charge is 0.499 e. The summed E-state index contributed by atoms with van der Waals surface area (Å²) in [6, 6.07) is 5.42. The summed E-state index contributed by atoms with van der Waals surface area (Å²) in [5.41, 5.74) is 0.482. The van der Waals surface area contributed by atoms with Gasteiger partial charge in [0.15, 0.2) is 0 Å². The molecule has 0 aliphatic carbocycles. The molecule has 1 rings (SSSR count). The third-order valence-electron chi connectivity index (χ3n) is 4.00. The molecule has 0 saturated heterocycles. The summed E-state index contributed by atoms with van der Waals surface area (Å²) in [6.45, 7) is 4.54. The van der Waals surface area contributed by atoms with Gasteiger partial charge in [-0.3, -0.25) is 0 Å². The number of hydrogen-bond donors (Lipinski definition) is 0. The van der Waals surface area contributed by atoms with E-state index < -0.39 is 18.0 Å². The Bertz CT molecular complexity index is 501. The Morgan fingerprint density at radius 1 is 1.04 bits per heavy atom. The summed E-state index contributed by atoms with van der Waals surface area (Å²) in [7, 11) is 0.584. The molecule has 0 atom stereocenters. The molecular weight excluding hydrogens is 335 g/mol. The summed E-state index contributed by atoms with van der Waals surface area (Å²) in [5.74, 6) is -0.502. The molecule has 0 aromatic heterocycles. The van der Waals surface area contributed by atoms with Crippen LogP contribution in [-0.4, -0.2) is 29.4 Å². The van der Waals surface area contributed by atoms with Gasteiger partial charge < -0.3 is 9.16 Å². The molecule has 132 valence electrons. The lowest BCUT2D eigenvalue weighted by Crippen LogP contribution is -2.41. The van der Waals surface area contributed by atoms with Crippen LogP contribution >= 0.6 is 0 Å². The van der Waals surface area contributed by atoms with Gasteiger partial charge >= 0.3 is 12.3 Å². The highest BCUT2D eigenvalue weighted by Crippen LogP contribution is 2.38. The Morgan fingerprint density at radius 3 is 2.13 bits per heavy atom. The zero-order valence-electron chi connectivity index (χ0n) is 13.3. The molecule has 0 fully saturated rings. The van der Waals surface area contributed by atoms with Gasteiger partial charge in [0.1, 0.15) is 16.2 Å². The Hall–Kier alpha value is -1.15. The third kappa shape index (κ3) is 5.17. The van der Waals surface area contributed by atoms with Crippen LogP contribution in [0.3, 0.4) is 0 Å². The molecule has 8 heteroatoms. The first-order valence-corrected chi connectivity index (χ1v) is 8.12. The minimum atomic E-state index is -5.75. The maximum Gasteiger partial charge on any atom is 0.499 e. The van der Waals surface area contributed by atoms with Crippen molar-refractivity contribution in [3.8, 4) is 5.75 Å². The van der Waals surface area contributed by atoms with Crippen molar-refractivity contribution in [1.82, 2.24) is 0 Å². The fraction of sp³-hybridized carbons (Fsp3) is 0.600. The van der Waals surface area contributed by atoms with Crippen molar-refractivity contribution in [3.05, 3.63) is 29.8 Å². The number of benzene rings is 1. The van der Waals surface area contributed by atoms with Crippen LogP contribution in [0, 0.1) is 5.41 Å². The second-order valence-corrected chi connectivity index (χ2v) is 6.16. The summed E-state index contributed by atoms with van der Waals surface area (Å²) in [5, 5.41) is 0. The highest BCUT2D eigenvalue weighted by Gasteiger charge is 2.61. The number of ether oxygens (including phenoxy) is 1. The Kier molecular flexibility index (Phi) is 6.58. The van der Waals surface area contributed by atoms with Gasteiger partial charge in [-0.25, -0.2) is 0 Å². The van der Waals surface area contributed by atoms with Crippen LogP contribution < -0.4 is 4.74 Å². The molecule has 0 unspecified atom stereocenters.